The summed E-state index contributed by atoms with van der Waals surface area (Å²) in [4.78, 5) is 0. The quantitative estimate of drug-likeness (QED) is 0.131. The molecule has 5 rings (SSSR count). The Labute approximate surface area is 275 Å². The zero-order valence-corrected chi connectivity index (χ0v) is 26.8. The monoisotopic (exact) mass is 734 g/mol. The van der Waals surface area contributed by atoms with Gasteiger partial charge < -0.3 is 0 Å². The highest BCUT2D eigenvalue weighted by Crippen LogP contribution is 2.56. The van der Waals surface area contributed by atoms with Crippen molar-refractivity contribution in [2.75, 3.05) is 0 Å². The normalized spacial score (nSPS) is 16.4. The second-order valence-electron chi connectivity index (χ2n) is 11.1. The smallest absolute Gasteiger partial charge is 0.166 e. The maximum Gasteiger partial charge on any atom is 0.416 e. The van der Waals surface area contributed by atoms with Gasteiger partial charge in [-0.3, -0.25) is 0 Å². The van der Waals surface area contributed by atoms with Crippen LogP contribution in [0.25, 0.3) is 0 Å². The minimum Gasteiger partial charge on any atom is -0.166 e. The molecule has 0 saturated heterocycles. The average molecular weight is 735 g/mol. The third-order valence-corrected chi connectivity index (χ3v) is 13.2. The highest BCUT2D eigenvalue weighted by Gasteiger charge is 2.42. The van der Waals surface area contributed by atoms with Crippen molar-refractivity contribution in [2.24, 2.45) is 5.92 Å². The van der Waals surface area contributed by atoms with E-state index in [0.29, 0.717) is 29.6 Å². The first kappa shape index (κ1) is 36.7. The van der Waals surface area contributed by atoms with Crippen molar-refractivity contribution in [3.8, 4) is 0 Å². The minimum absolute atomic E-state index is 0.125. The molecule has 49 heavy (non-hydrogen) atoms. The van der Waals surface area contributed by atoms with Gasteiger partial charge in [-0.05, 0) is 84.4 Å². The van der Waals surface area contributed by atoms with Crippen molar-refractivity contribution in [1.29, 1.82) is 0 Å². The predicted octanol–water partition coefficient (Wildman–Crippen LogP) is 10.8. The van der Waals surface area contributed by atoms with E-state index in [2.05, 4.69) is 0 Å². The third kappa shape index (κ3) is 8.24. The summed E-state index contributed by atoms with van der Waals surface area (Å²) in [7, 11) is -4.14. The largest absolute Gasteiger partial charge is 0.416 e. The number of halogens is 12. The number of alkyl halides is 12. The van der Waals surface area contributed by atoms with Crippen LogP contribution in [0.3, 0.4) is 0 Å². The Kier molecular flexibility index (Phi) is 10.2. The molecule has 1 aliphatic carbocycles. The lowest BCUT2D eigenvalue weighted by Crippen LogP contribution is -2.29. The van der Waals surface area contributed by atoms with Gasteiger partial charge in [0.2, 0.25) is 0 Å². The Bertz CT molecular complexity index is 1660. The maximum absolute atomic E-state index is 14.0. The first-order chi connectivity index (χ1) is 22.7. The molecule has 2 atom stereocenters. The Hall–Kier alpha value is -3.62. The summed E-state index contributed by atoms with van der Waals surface area (Å²) in [5.41, 5.74) is -7.99. The fraction of sp³-hybridized carbons (Fsp3) is 0.200. The van der Waals surface area contributed by atoms with E-state index in [4.69, 9.17) is 0 Å². The molecule has 14 heteroatoms. The first-order valence-electron chi connectivity index (χ1n) is 14.4. The molecule has 1 aliphatic rings. The fourth-order valence-electron chi connectivity index (χ4n) is 5.65. The molecule has 0 spiro atoms. The summed E-state index contributed by atoms with van der Waals surface area (Å²) in [6.07, 6.45) is -16.2. The number of rotatable bonds is 7. The molecule has 0 radical (unpaired) electrons. The van der Waals surface area contributed by atoms with Crippen LogP contribution in [0.1, 0.15) is 29.2 Å². The standard InChI is InChI=1S/C35H24F12P2/c1-21(30-13-8-14-31(30)49(26-9-4-2-5-10-26)27-11-6-3-7-12-27)48(28-17-22(32(36,37)38)15-23(18-28)33(39,40)41)29-19-24(34(42,43)44)16-25(20-29)35(45,46)47/h2-21,30H,1H3/t21-,30?/m1/s1. The summed E-state index contributed by atoms with van der Waals surface area (Å²) in [6.45, 7) is 1.43. The van der Waals surface area contributed by atoms with Gasteiger partial charge in [0.1, 0.15) is 0 Å². The Morgan fingerprint density at radius 2 is 0.837 bits per heavy atom. The van der Waals surface area contributed by atoms with Crippen molar-refractivity contribution in [3.63, 3.8) is 0 Å². The van der Waals surface area contributed by atoms with Gasteiger partial charge in [-0.2, -0.15) is 52.7 Å². The van der Waals surface area contributed by atoms with E-state index in [1.807, 2.05) is 24.3 Å². The van der Waals surface area contributed by atoms with Crippen LogP contribution in [-0.2, 0) is 24.7 Å². The van der Waals surface area contributed by atoms with Gasteiger partial charge in [-0.25, -0.2) is 0 Å². The summed E-state index contributed by atoms with van der Waals surface area (Å²) in [5, 5.41) is 1.01. The number of benzene rings is 4. The van der Waals surface area contributed by atoms with Crippen molar-refractivity contribution < 1.29 is 52.7 Å². The molecule has 0 bridgehead atoms. The number of hydrogen-bond acceptors (Lipinski definition) is 0. The lowest BCUT2D eigenvalue weighted by atomic mass is 10.1. The fourth-order valence-corrected chi connectivity index (χ4v) is 11.4. The molecule has 4 aromatic carbocycles. The van der Waals surface area contributed by atoms with Crippen LogP contribution in [0.15, 0.2) is 121 Å². The van der Waals surface area contributed by atoms with Gasteiger partial charge in [0, 0.05) is 5.92 Å². The van der Waals surface area contributed by atoms with Crippen LogP contribution in [0.2, 0.25) is 0 Å². The molecule has 0 heterocycles. The summed E-state index contributed by atoms with van der Waals surface area (Å²) in [6, 6.07) is 19.4. The molecule has 258 valence electrons. The van der Waals surface area contributed by atoms with Crippen LogP contribution in [0, 0.1) is 5.92 Å². The Morgan fingerprint density at radius 3 is 1.16 bits per heavy atom. The highest BCUT2D eigenvalue weighted by molar-refractivity contribution is 7.77. The highest BCUT2D eigenvalue weighted by atomic mass is 31.1. The van der Waals surface area contributed by atoms with E-state index >= 15 is 0 Å². The van der Waals surface area contributed by atoms with Crippen molar-refractivity contribution in [3.05, 3.63) is 143 Å². The molecule has 4 aromatic rings. The number of hydrogen-bond donors (Lipinski definition) is 0. The molecular formula is C35H24F12P2. The van der Waals surface area contributed by atoms with Crippen LogP contribution in [-0.4, -0.2) is 5.66 Å². The van der Waals surface area contributed by atoms with E-state index in [-0.39, 0.29) is 12.1 Å². The van der Waals surface area contributed by atoms with E-state index < -0.39 is 85.0 Å². The Morgan fingerprint density at radius 1 is 0.490 bits per heavy atom. The maximum atomic E-state index is 14.0. The summed E-state index contributed by atoms with van der Waals surface area (Å²) >= 11 is 0. The SMILES string of the molecule is C[C@H](C1C=CC=C1P(c1ccccc1)c1ccccc1)P(c1cc(C(F)(F)F)cc(C(F)(F)F)c1)c1cc(C(F)(F)F)cc(C(F)(F)F)c1. The van der Waals surface area contributed by atoms with E-state index in [0.717, 1.165) is 10.6 Å². The van der Waals surface area contributed by atoms with Gasteiger partial charge in [0.05, 0.1) is 22.3 Å². The third-order valence-electron chi connectivity index (χ3n) is 7.84. The predicted molar refractivity (Wildman–Crippen MR) is 168 cm³/mol. The Balaban J connectivity index is 1.77. The van der Waals surface area contributed by atoms with Crippen molar-refractivity contribution in [1.82, 2.24) is 0 Å². The molecule has 0 aromatic heterocycles. The van der Waals surface area contributed by atoms with E-state index in [1.165, 1.54) is 6.92 Å². The molecule has 0 nitrogen and oxygen atoms in total. The average Bonchev–Trinajstić information content (AvgIpc) is 3.50. The molecule has 0 N–H and O–H groups in total. The minimum atomic E-state index is -5.31. The zero-order chi connectivity index (χ0) is 35.9. The second kappa shape index (κ2) is 13.6. The lowest BCUT2D eigenvalue weighted by Gasteiger charge is -2.35. The summed E-state index contributed by atoms with van der Waals surface area (Å²) < 4.78 is 168. The van der Waals surface area contributed by atoms with Gasteiger partial charge in [-0.15, -0.1) is 0 Å². The first-order valence-corrected chi connectivity index (χ1v) is 17.2. The van der Waals surface area contributed by atoms with Crippen molar-refractivity contribution >= 4 is 37.1 Å². The van der Waals surface area contributed by atoms with E-state index in [1.54, 1.807) is 54.6 Å². The summed E-state index contributed by atoms with van der Waals surface area (Å²) in [5.74, 6) is -0.787. The van der Waals surface area contributed by atoms with Crippen LogP contribution in [0.5, 0.6) is 0 Å². The molecule has 0 saturated carbocycles. The molecular weight excluding hydrogens is 710 g/mol. The molecule has 0 amide bonds. The molecule has 0 aliphatic heterocycles. The van der Waals surface area contributed by atoms with Gasteiger partial charge in [0.25, 0.3) is 0 Å². The van der Waals surface area contributed by atoms with Gasteiger partial charge in [0.15, 0.2) is 0 Å². The lowest BCUT2D eigenvalue weighted by molar-refractivity contribution is -0.144. The van der Waals surface area contributed by atoms with E-state index in [9.17, 15) is 52.7 Å². The molecule has 0 fully saturated rings. The van der Waals surface area contributed by atoms with Gasteiger partial charge in [-0.1, -0.05) is 85.8 Å². The number of allylic oxidation sites excluding steroid dienone is 4. The second-order valence-corrected chi connectivity index (χ2v) is 16.0. The van der Waals surface area contributed by atoms with Crippen molar-refractivity contribution in [2.45, 2.75) is 37.3 Å². The van der Waals surface area contributed by atoms with Gasteiger partial charge >= 0.3 is 24.7 Å². The zero-order valence-electron chi connectivity index (χ0n) is 25.1. The van der Waals surface area contributed by atoms with Crippen LogP contribution < -0.4 is 21.2 Å². The van der Waals surface area contributed by atoms with Crippen LogP contribution in [0.4, 0.5) is 52.7 Å². The van der Waals surface area contributed by atoms with Crippen LogP contribution >= 0.6 is 15.8 Å². The topological polar surface area (TPSA) is 0 Å². The molecule has 1 unspecified atom stereocenters.